The molecule has 1 fully saturated rings. The maximum Gasteiger partial charge on any atom is 0.198 e. The van der Waals surface area contributed by atoms with Gasteiger partial charge in [-0.15, -0.1) is 11.3 Å². The highest BCUT2D eigenvalue weighted by atomic mass is 32.1. The molecular weight excluding hydrogens is 226 g/mol. The lowest BCUT2D eigenvalue weighted by Crippen LogP contribution is -2.37. The van der Waals surface area contributed by atoms with Crippen LogP contribution in [0.15, 0.2) is 11.6 Å². The van der Waals surface area contributed by atoms with Crippen molar-refractivity contribution in [1.82, 2.24) is 4.98 Å². The molecule has 0 aliphatic carbocycles. The molecule has 0 spiro atoms. The van der Waals surface area contributed by atoms with E-state index in [1.165, 1.54) is 11.3 Å². The number of carbonyl (C=O) groups excluding carboxylic acids is 2. The fraction of sp³-hybridized carbons (Fsp3) is 0.545. The van der Waals surface area contributed by atoms with Gasteiger partial charge in [-0.05, 0) is 12.8 Å². The minimum absolute atomic E-state index is 0.00194. The number of ether oxygens (including phenoxy) is 1. The van der Waals surface area contributed by atoms with Gasteiger partial charge in [-0.2, -0.15) is 0 Å². The van der Waals surface area contributed by atoms with Crippen LogP contribution >= 0.6 is 11.3 Å². The van der Waals surface area contributed by atoms with Crippen LogP contribution in [0.4, 0.5) is 0 Å². The second-order valence-electron chi connectivity index (χ2n) is 3.93. The molecule has 0 atom stereocenters. The SMILES string of the molecule is O=CCC1(C(=O)c2nccs2)CCOCC1. The third-order valence-electron chi connectivity index (χ3n) is 3.03. The average Bonchev–Trinajstić information content (AvgIpc) is 2.83. The zero-order valence-corrected chi connectivity index (χ0v) is 9.66. The van der Waals surface area contributed by atoms with Crippen molar-refractivity contribution in [2.24, 2.45) is 5.41 Å². The fourth-order valence-electron chi connectivity index (χ4n) is 2.01. The Balaban J connectivity index is 2.24. The smallest absolute Gasteiger partial charge is 0.198 e. The summed E-state index contributed by atoms with van der Waals surface area (Å²) in [6.07, 6.45) is 3.95. The number of carbonyl (C=O) groups is 2. The molecule has 0 radical (unpaired) electrons. The second kappa shape index (κ2) is 4.84. The molecular formula is C11H13NO3S. The lowest BCUT2D eigenvalue weighted by atomic mass is 9.74. The Hall–Kier alpha value is -1.07. The van der Waals surface area contributed by atoms with Crippen LogP contribution in [0, 0.1) is 5.41 Å². The summed E-state index contributed by atoms with van der Waals surface area (Å²) < 4.78 is 5.25. The number of ketones is 1. The van der Waals surface area contributed by atoms with Crippen molar-refractivity contribution in [3.8, 4) is 0 Å². The Labute approximate surface area is 97.6 Å². The van der Waals surface area contributed by atoms with E-state index in [1.54, 1.807) is 11.6 Å². The number of nitrogens with zero attached hydrogens (tertiary/aromatic N) is 1. The summed E-state index contributed by atoms with van der Waals surface area (Å²) in [7, 11) is 0. The van der Waals surface area contributed by atoms with E-state index in [0.29, 0.717) is 31.1 Å². The Morgan fingerprint density at radius 3 is 2.88 bits per heavy atom. The number of rotatable bonds is 4. The summed E-state index contributed by atoms with van der Waals surface area (Å²) in [6.45, 7) is 1.09. The van der Waals surface area contributed by atoms with Crippen LogP contribution in [0.5, 0.6) is 0 Å². The molecule has 0 saturated carbocycles. The van der Waals surface area contributed by atoms with Crippen molar-refractivity contribution in [3.05, 3.63) is 16.6 Å². The molecule has 5 heteroatoms. The second-order valence-corrected chi connectivity index (χ2v) is 4.82. The van der Waals surface area contributed by atoms with Crippen LogP contribution in [0.2, 0.25) is 0 Å². The maximum atomic E-state index is 12.3. The fourth-order valence-corrected chi connectivity index (χ4v) is 2.70. The van der Waals surface area contributed by atoms with Gasteiger partial charge in [0.1, 0.15) is 6.29 Å². The highest BCUT2D eigenvalue weighted by Crippen LogP contribution is 2.37. The van der Waals surface area contributed by atoms with Gasteiger partial charge in [0.15, 0.2) is 10.8 Å². The molecule has 16 heavy (non-hydrogen) atoms. The predicted molar refractivity (Wildman–Crippen MR) is 59.6 cm³/mol. The molecule has 2 rings (SSSR count). The third kappa shape index (κ3) is 2.05. The first kappa shape index (κ1) is 11.4. The van der Waals surface area contributed by atoms with Crippen molar-refractivity contribution < 1.29 is 14.3 Å². The molecule has 1 saturated heterocycles. The van der Waals surface area contributed by atoms with E-state index < -0.39 is 5.41 Å². The van der Waals surface area contributed by atoms with Gasteiger partial charge in [-0.3, -0.25) is 4.79 Å². The van der Waals surface area contributed by atoms with Gasteiger partial charge >= 0.3 is 0 Å². The van der Waals surface area contributed by atoms with Crippen LogP contribution in [0.25, 0.3) is 0 Å². The molecule has 1 aromatic heterocycles. The van der Waals surface area contributed by atoms with Crippen LogP contribution in [0.3, 0.4) is 0 Å². The zero-order chi connectivity index (χ0) is 11.4. The molecule has 86 valence electrons. The Bertz CT molecular complexity index is 369. The molecule has 0 bridgehead atoms. The number of thiazole rings is 1. The Kier molecular flexibility index (Phi) is 3.46. The first-order chi connectivity index (χ1) is 7.78. The summed E-state index contributed by atoms with van der Waals surface area (Å²) in [5, 5.41) is 2.28. The van der Waals surface area contributed by atoms with E-state index >= 15 is 0 Å². The molecule has 1 aromatic rings. The molecule has 1 aliphatic rings. The van der Waals surface area contributed by atoms with Gasteiger partial charge in [-0.1, -0.05) is 0 Å². The first-order valence-electron chi connectivity index (χ1n) is 5.24. The normalized spacial score (nSPS) is 19.2. The van der Waals surface area contributed by atoms with Gasteiger partial charge in [0.2, 0.25) is 0 Å². The van der Waals surface area contributed by atoms with Gasteiger partial charge in [0, 0.05) is 36.6 Å². The topological polar surface area (TPSA) is 56.3 Å². The van der Waals surface area contributed by atoms with Crippen molar-refractivity contribution in [2.45, 2.75) is 19.3 Å². The molecule has 0 amide bonds. The van der Waals surface area contributed by atoms with E-state index in [4.69, 9.17) is 4.74 Å². The summed E-state index contributed by atoms with van der Waals surface area (Å²) >= 11 is 1.33. The highest BCUT2D eigenvalue weighted by molar-refractivity contribution is 7.11. The Morgan fingerprint density at radius 1 is 1.56 bits per heavy atom. The van der Waals surface area contributed by atoms with Crippen molar-refractivity contribution in [3.63, 3.8) is 0 Å². The number of aromatic nitrogens is 1. The van der Waals surface area contributed by atoms with Crippen LogP contribution in [-0.2, 0) is 9.53 Å². The number of hydrogen-bond donors (Lipinski definition) is 0. The number of hydrogen-bond acceptors (Lipinski definition) is 5. The van der Waals surface area contributed by atoms with Crippen LogP contribution in [0.1, 0.15) is 29.1 Å². The quantitative estimate of drug-likeness (QED) is 0.593. The monoisotopic (exact) mass is 239 g/mol. The van der Waals surface area contributed by atoms with Gasteiger partial charge in [0.25, 0.3) is 0 Å². The summed E-state index contributed by atoms with van der Waals surface area (Å²) in [6, 6.07) is 0. The van der Waals surface area contributed by atoms with Crippen molar-refractivity contribution in [1.29, 1.82) is 0 Å². The van der Waals surface area contributed by atoms with Gasteiger partial charge in [0.05, 0.1) is 0 Å². The van der Waals surface area contributed by atoms with E-state index in [1.807, 2.05) is 0 Å². The number of aldehydes is 1. The van der Waals surface area contributed by atoms with Crippen LogP contribution in [-0.4, -0.2) is 30.3 Å². The standard InChI is InChI=1S/C11H13NO3S/c13-5-1-11(2-6-15-7-3-11)9(14)10-12-4-8-16-10/h4-5,8H,1-3,6-7H2. The molecule has 0 aromatic carbocycles. The molecule has 2 heterocycles. The van der Waals surface area contributed by atoms with Crippen molar-refractivity contribution in [2.75, 3.05) is 13.2 Å². The summed E-state index contributed by atoms with van der Waals surface area (Å²) in [5.41, 5.74) is -0.572. The van der Waals surface area contributed by atoms with E-state index in [9.17, 15) is 9.59 Å². The highest BCUT2D eigenvalue weighted by Gasteiger charge is 2.41. The maximum absolute atomic E-state index is 12.3. The average molecular weight is 239 g/mol. The molecule has 1 aliphatic heterocycles. The summed E-state index contributed by atoms with van der Waals surface area (Å²) in [4.78, 5) is 27.1. The van der Waals surface area contributed by atoms with Crippen molar-refractivity contribution >= 4 is 23.4 Å². The largest absolute Gasteiger partial charge is 0.381 e. The summed E-state index contributed by atoms with van der Waals surface area (Å²) in [5.74, 6) is -0.00194. The lowest BCUT2D eigenvalue weighted by molar-refractivity contribution is -0.110. The predicted octanol–water partition coefficient (Wildman–Crippen LogP) is 1.71. The van der Waals surface area contributed by atoms with E-state index in [0.717, 1.165) is 6.29 Å². The number of Topliss-reactive ketones (excluding diaryl/α,β-unsaturated/α-hetero) is 1. The first-order valence-corrected chi connectivity index (χ1v) is 6.12. The molecule has 0 unspecified atom stereocenters. The minimum atomic E-state index is -0.572. The van der Waals surface area contributed by atoms with Crippen LogP contribution < -0.4 is 0 Å². The zero-order valence-electron chi connectivity index (χ0n) is 8.85. The third-order valence-corrected chi connectivity index (χ3v) is 3.80. The Morgan fingerprint density at radius 2 is 2.31 bits per heavy atom. The van der Waals surface area contributed by atoms with Gasteiger partial charge < -0.3 is 9.53 Å². The minimum Gasteiger partial charge on any atom is -0.381 e. The van der Waals surface area contributed by atoms with E-state index in [2.05, 4.69) is 4.98 Å². The lowest BCUT2D eigenvalue weighted by Gasteiger charge is -2.33. The van der Waals surface area contributed by atoms with Gasteiger partial charge in [-0.25, -0.2) is 4.98 Å². The van der Waals surface area contributed by atoms with E-state index in [-0.39, 0.29) is 12.2 Å². The molecule has 0 N–H and O–H groups in total. The molecule has 4 nitrogen and oxygen atoms in total.